The molecule has 0 unspecified atom stereocenters. The molecule has 3 rings (SSSR count). The minimum absolute atomic E-state index is 0.203. The second-order valence-electron chi connectivity index (χ2n) is 6.59. The number of benzene rings is 1. The zero-order valence-electron chi connectivity index (χ0n) is 13.3. The number of nitrogens with zero attached hydrogens (tertiary/aromatic N) is 1. The molecular weight excluding hydrogens is 274 g/mol. The van der Waals surface area contributed by atoms with Gasteiger partial charge in [0.15, 0.2) is 0 Å². The van der Waals surface area contributed by atoms with E-state index in [1.165, 1.54) is 12.0 Å². The SMILES string of the molecule is O=C(N[C@H]1CCCNC1)C1CCN(Cc2ccccc2)CC1. The van der Waals surface area contributed by atoms with Crippen LogP contribution in [0.5, 0.6) is 0 Å². The highest BCUT2D eigenvalue weighted by molar-refractivity contribution is 5.79. The van der Waals surface area contributed by atoms with Crippen molar-refractivity contribution in [3.8, 4) is 0 Å². The van der Waals surface area contributed by atoms with Crippen LogP contribution in [0.3, 0.4) is 0 Å². The number of piperidine rings is 2. The van der Waals surface area contributed by atoms with Crippen LogP contribution in [-0.4, -0.2) is 43.0 Å². The summed E-state index contributed by atoms with van der Waals surface area (Å²) in [6.07, 6.45) is 4.25. The molecule has 2 heterocycles. The van der Waals surface area contributed by atoms with Crippen molar-refractivity contribution in [2.45, 2.75) is 38.3 Å². The first kappa shape index (κ1) is 15.5. The maximum atomic E-state index is 12.4. The lowest BCUT2D eigenvalue weighted by Crippen LogP contribution is -2.49. The average Bonchev–Trinajstić information content (AvgIpc) is 2.57. The van der Waals surface area contributed by atoms with Crippen LogP contribution in [0.2, 0.25) is 0 Å². The predicted octanol–water partition coefficient (Wildman–Crippen LogP) is 1.77. The van der Waals surface area contributed by atoms with E-state index >= 15 is 0 Å². The summed E-state index contributed by atoms with van der Waals surface area (Å²) in [5.41, 5.74) is 1.36. The van der Waals surface area contributed by atoms with Crippen LogP contribution in [-0.2, 0) is 11.3 Å². The van der Waals surface area contributed by atoms with E-state index < -0.39 is 0 Å². The van der Waals surface area contributed by atoms with Crippen LogP contribution in [0.4, 0.5) is 0 Å². The minimum atomic E-state index is 0.203. The molecule has 2 fully saturated rings. The lowest BCUT2D eigenvalue weighted by Gasteiger charge is -2.32. The molecule has 0 radical (unpaired) electrons. The third-order valence-electron chi connectivity index (χ3n) is 4.85. The van der Waals surface area contributed by atoms with Crippen LogP contribution >= 0.6 is 0 Å². The van der Waals surface area contributed by atoms with Gasteiger partial charge in [0.05, 0.1) is 0 Å². The molecule has 120 valence electrons. The van der Waals surface area contributed by atoms with E-state index in [1.54, 1.807) is 0 Å². The highest BCUT2D eigenvalue weighted by Crippen LogP contribution is 2.19. The molecule has 2 N–H and O–H groups in total. The fourth-order valence-electron chi connectivity index (χ4n) is 3.49. The summed E-state index contributed by atoms with van der Waals surface area (Å²) < 4.78 is 0. The van der Waals surface area contributed by atoms with Crippen LogP contribution in [0.15, 0.2) is 30.3 Å². The van der Waals surface area contributed by atoms with Gasteiger partial charge in [-0.2, -0.15) is 0 Å². The molecule has 2 aliphatic rings. The van der Waals surface area contributed by atoms with Crippen molar-refractivity contribution >= 4 is 5.91 Å². The fourth-order valence-corrected chi connectivity index (χ4v) is 3.49. The van der Waals surface area contributed by atoms with E-state index in [4.69, 9.17) is 0 Å². The molecule has 2 saturated heterocycles. The number of amides is 1. The second-order valence-corrected chi connectivity index (χ2v) is 6.59. The molecule has 0 spiro atoms. The first-order valence-corrected chi connectivity index (χ1v) is 8.58. The number of hydrogen-bond acceptors (Lipinski definition) is 3. The third kappa shape index (κ3) is 4.31. The Labute approximate surface area is 133 Å². The molecule has 1 amide bonds. The first-order chi connectivity index (χ1) is 10.8. The molecule has 4 heteroatoms. The highest BCUT2D eigenvalue weighted by atomic mass is 16.1. The number of hydrogen-bond donors (Lipinski definition) is 2. The van der Waals surface area contributed by atoms with Crippen LogP contribution in [0.1, 0.15) is 31.2 Å². The standard InChI is InChI=1S/C18H27N3O/c22-18(20-17-7-4-10-19-13-17)16-8-11-21(12-9-16)14-15-5-2-1-3-6-15/h1-3,5-6,16-17,19H,4,7-14H2,(H,20,22)/t17-/m0/s1. The highest BCUT2D eigenvalue weighted by Gasteiger charge is 2.26. The molecule has 0 bridgehead atoms. The summed E-state index contributed by atoms with van der Waals surface area (Å²) in [5, 5.41) is 6.59. The molecule has 1 aromatic rings. The summed E-state index contributed by atoms with van der Waals surface area (Å²) in [6, 6.07) is 10.9. The van der Waals surface area contributed by atoms with Gasteiger partial charge in [0.2, 0.25) is 5.91 Å². The fraction of sp³-hybridized carbons (Fsp3) is 0.611. The lowest BCUT2D eigenvalue weighted by atomic mass is 9.94. The van der Waals surface area contributed by atoms with E-state index in [9.17, 15) is 4.79 Å². The second kappa shape index (κ2) is 7.75. The molecule has 4 nitrogen and oxygen atoms in total. The Morgan fingerprint density at radius 2 is 1.95 bits per heavy atom. The van der Waals surface area contributed by atoms with Crippen LogP contribution in [0.25, 0.3) is 0 Å². The Bertz CT molecular complexity index is 462. The number of likely N-dealkylation sites (tertiary alicyclic amines) is 1. The number of rotatable bonds is 4. The van der Waals surface area contributed by atoms with Gasteiger partial charge >= 0.3 is 0 Å². The molecule has 22 heavy (non-hydrogen) atoms. The molecule has 0 aliphatic carbocycles. The average molecular weight is 301 g/mol. The molecule has 1 atom stereocenters. The zero-order chi connectivity index (χ0) is 15.2. The van der Waals surface area contributed by atoms with Gasteiger partial charge in [-0.05, 0) is 50.9 Å². The molecule has 0 saturated carbocycles. The maximum Gasteiger partial charge on any atom is 0.223 e. The van der Waals surface area contributed by atoms with E-state index in [0.29, 0.717) is 6.04 Å². The molecular formula is C18H27N3O. The maximum absolute atomic E-state index is 12.4. The van der Waals surface area contributed by atoms with Crippen molar-refractivity contribution in [3.63, 3.8) is 0 Å². The zero-order valence-corrected chi connectivity index (χ0v) is 13.3. The van der Waals surface area contributed by atoms with Gasteiger partial charge in [0, 0.05) is 25.0 Å². The number of carbonyl (C=O) groups is 1. The Hall–Kier alpha value is -1.39. The van der Waals surface area contributed by atoms with Gasteiger partial charge in [-0.25, -0.2) is 0 Å². The Morgan fingerprint density at radius 3 is 2.64 bits per heavy atom. The van der Waals surface area contributed by atoms with Crippen molar-refractivity contribution in [2.75, 3.05) is 26.2 Å². The largest absolute Gasteiger partial charge is 0.352 e. The summed E-state index contributed by atoms with van der Waals surface area (Å²) >= 11 is 0. The van der Waals surface area contributed by atoms with E-state index in [0.717, 1.165) is 52.0 Å². The number of carbonyl (C=O) groups excluding carboxylic acids is 1. The van der Waals surface area contributed by atoms with E-state index in [2.05, 4.69) is 45.9 Å². The van der Waals surface area contributed by atoms with Crippen molar-refractivity contribution in [1.29, 1.82) is 0 Å². The van der Waals surface area contributed by atoms with Gasteiger partial charge in [-0.15, -0.1) is 0 Å². The van der Waals surface area contributed by atoms with E-state index in [-0.39, 0.29) is 11.8 Å². The Kier molecular flexibility index (Phi) is 5.46. The van der Waals surface area contributed by atoms with Crippen molar-refractivity contribution in [2.24, 2.45) is 5.92 Å². The molecule has 2 aliphatic heterocycles. The smallest absolute Gasteiger partial charge is 0.223 e. The Balaban J connectivity index is 1.42. The summed E-state index contributed by atoms with van der Waals surface area (Å²) in [7, 11) is 0. The predicted molar refractivity (Wildman–Crippen MR) is 88.5 cm³/mol. The van der Waals surface area contributed by atoms with Crippen molar-refractivity contribution in [1.82, 2.24) is 15.5 Å². The molecule has 0 aromatic heterocycles. The van der Waals surface area contributed by atoms with E-state index in [1.807, 2.05) is 0 Å². The van der Waals surface area contributed by atoms with Crippen molar-refractivity contribution in [3.05, 3.63) is 35.9 Å². The van der Waals surface area contributed by atoms with Crippen LogP contribution in [0, 0.1) is 5.92 Å². The van der Waals surface area contributed by atoms with Gasteiger partial charge in [-0.3, -0.25) is 9.69 Å². The van der Waals surface area contributed by atoms with Crippen molar-refractivity contribution < 1.29 is 4.79 Å². The summed E-state index contributed by atoms with van der Waals surface area (Å²) in [5.74, 6) is 0.474. The number of nitrogens with one attached hydrogen (secondary N) is 2. The topological polar surface area (TPSA) is 44.4 Å². The van der Waals surface area contributed by atoms with Gasteiger partial charge in [0.1, 0.15) is 0 Å². The molecule has 1 aromatic carbocycles. The Morgan fingerprint density at radius 1 is 1.18 bits per heavy atom. The monoisotopic (exact) mass is 301 g/mol. The lowest BCUT2D eigenvalue weighted by molar-refractivity contribution is -0.127. The van der Waals surface area contributed by atoms with Gasteiger partial charge in [0.25, 0.3) is 0 Å². The van der Waals surface area contributed by atoms with Gasteiger partial charge in [-0.1, -0.05) is 30.3 Å². The normalized spacial score (nSPS) is 24.1. The van der Waals surface area contributed by atoms with Crippen LogP contribution < -0.4 is 10.6 Å². The minimum Gasteiger partial charge on any atom is -0.352 e. The summed E-state index contributed by atoms with van der Waals surface area (Å²) in [4.78, 5) is 14.8. The van der Waals surface area contributed by atoms with Gasteiger partial charge < -0.3 is 10.6 Å². The quantitative estimate of drug-likeness (QED) is 0.891. The first-order valence-electron chi connectivity index (χ1n) is 8.58. The summed E-state index contributed by atoms with van der Waals surface area (Å²) in [6.45, 7) is 5.07. The third-order valence-corrected chi connectivity index (χ3v) is 4.85.